The number of nitrogen functional groups attached to an aromatic ring is 1. The molecule has 7 atom stereocenters. The van der Waals surface area contributed by atoms with Crippen LogP contribution in [0.2, 0.25) is 0 Å². The van der Waals surface area contributed by atoms with Crippen molar-refractivity contribution in [3.05, 3.63) is 47.0 Å². The molecule has 3 heterocycles. The van der Waals surface area contributed by atoms with E-state index in [1.165, 1.54) is 24.7 Å². The van der Waals surface area contributed by atoms with Gasteiger partial charge in [-0.25, -0.2) is 9.55 Å². The van der Waals surface area contributed by atoms with Gasteiger partial charge in [0.15, 0.2) is 17.4 Å². The van der Waals surface area contributed by atoms with Crippen molar-refractivity contribution in [2.75, 3.05) is 5.73 Å². The number of carbonyl (C=O) groups is 1. The summed E-state index contributed by atoms with van der Waals surface area (Å²) in [7, 11) is -4.32. The van der Waals surface area contributed by atoms with Crippen LogP contribution in [0.4, 0.5) is 5.95 Å². The predicted octanol–water partition coefficient (Wildman–Crippen LogP) is 1.84. The number of carbonyl (C=O) groups excluding carboxylic acids is 1. The first-order valence-electron chi connectivity index (χ1n) is 12.1. The maximum atomic E-state index is 13.9. The lowest BCUT2D eigenvalue weighted by Crippen LogP contribution is -2.45. The highest BCUT2D eigenvalue weighted by atomic mass is 35.5. The number of aromatic nitrogens is 4. The zero-order valence-corrected chi connectivity index (χ0v) is 23.1. The molecule has 5 N–H and O–H groups in total. The number of imidazole rings is 1. The van der Waals surface area contributed by atoms with Gasteiger partial charge >= 0.3 is 13.7 Å². The summed E-state index contributed by atoms with van der Waals surface area (Å²) in [5.74, 6) is -0.613. The number of aliphatic hydroxyl groups is 1. The van der Waals surface area contributed by atoms with Gasteiger partial charge in [0.25, 0.3) is 5.56 Å². The minimum absolute atomic E-state index is 0.00728. The molecule has 3 aromatic rings. The zero-order chi connectivity index (χ0) is 28.3. The van der Waals surface area contributed by atoms with Crippen LogP contribution in [0.5, 0.6) is 5.75 Å². The number of ether oxygens (including phenoxy) is 2. The minimum Gasteiger partial charge on any atom is -0.462 e. The third-order valence-corrected chi connectivity index (χ3v) is 8.69. The van der Waals surface area contributed by atoms with Crippen molar-refractivity contribution in [3.8, 4) is 5.75 Å². The number of hydrogen-bond donors (Lipinski definition) is 4. The number of fused-ring (bicyclic) bond motifs is 2. The van der Waals surface area contributed by atoms with E-state index in [1.54, 1.807) is 44.2 Å². The van der Waals surface area contributed by atoms with Gasteiger partial charge in [0.05, 0.1) is 12.4 Å². The number of nitrogens with one attached hydrogen (secondary N) is 2. The molecular weight excluding hydrogens is 555 g/mol. The SMILES string of the molecule is CC(C)OC(=O)[C@@H](C)N[P@@](=O)(Oc1ccccc1)OC1[C@H]2O[C@@H](n3cnc4c(=O)[nH]c(N)nc43)[C@](C)(Cl)[C@@]12O. The Morgan fingerprint density at radius 3 is 2.64 bits per heavy atom. The molecule has 5 rings (SSSR count). The predicted molar refractivity (Wildman–Crippen MR) is 139 cm³/mol. The van der Waals surface area contributed by atoms with E-state index in [4.69, 9.17) is 35.9 Å². The number of hydrogen-bond acceptors (Lipinski definition) is 11. The Kier molecular flexibility index (Phi) is 6.77. The summed E-state index contributed by atoms with van der Waals surface area (Å²) < 4.78 is 38.0. The van der Waals surface area contributed by atoms with Crippen LogP contribution < -0.4 is 20.9 Å². The fourth-order valence-corrected chi connectivity index (χ4v) is 6.64. The summed E-state index contributed by atoms with van der Waals surface area (Å²) in [5, 5.41) is 14.2. The lowest BCUT2D eigenvalue weighted by molar-refractivity contribution is -0.149. The van der Waals surface area contributed by atoms with Gasteiger partial charge in [-0.3, -0.25) is 23.7 Å². The molecule has 210 valence electrons. The molecule has 0 radical (unpaired) electrons. The third-order valence-electron chi connectivity index (χ3n) is 6.54. The Bertz CT molecular complexity index is 1510. The summed E-state index contributed by atoms with van der Waals surface area (Å²) in [6.45, 7) is 6.31. The number of aromatic amines is 1. The van der Waals surface area contributed by atoms with E-state index in [0.29, 0.717) is 0 Å². The Hall–Kier alpha value is -3.00. The smallest absolute Gasteiger partial charge is 0.459 e. The second-order valence-corrected chi connectivity index (χ2v) is 12.3. The average Bonchev–Trinajstić information content (AvgIpc) is 3.10. The van der Waals surface area contributed by atoms with Crippen LogP contribution in [0, 0.1) is 0 Å². The van der Waals surface area contributed by atoms with Crippen molar-refractivity contribution in [2.45, 2.75) is 68.8 Å². The van der Waals surface area contributed by atoms with Crippen molar-refractivity contribution in [1.82, 2.24) is 24.6 Å². The average molecular weight is 583 g/mol. The number of benzene rings is 1. The van der Waals surface area contributed by atoms with Crippen molar-refractivity contribution in [1.29, 1.82) is 0 Å². The van der Waals surface area contributed by atoms with Crippen LogP contribution in [-0.2, 0) is 23.4 Å². The van der Waals surface area contributed by atoms with Crippen molar-refractivity contribution in [3.63, 3.8) is 0 Å². The first-order valence-corrected chi connectivity index (χ1v) is 14.0. The molecule has 0 amide bonds. The highest BCUT2D eigenvalue weighted by molar-refractivity contribution is 7.52. The Labute approximate surface area is 227 Å². The van der Waals surface area contributed by atoms with E-state index in [9.17, 15) is 19.3 Å². The van der Waals surface area contributed by atoms with Crippen LogP contribution in [-0.4, -0.2) is 65.4 Å². The van der Waals surface area contributed by atoms with Gasteiger partial charge in [-0.1, -0.05) is 18.2 Å². The second kappa shape index (κ2) is 9.58. The number of nitrogens with two attached hydrogens (primary N) is 1. The van der Waals surface area contributed by atoms with Crippen molar-refractivity contribution >= 4 is 42.4 Å². The molecule has 1 aliphatic carbocycles. The van der Waals surface area contributed by atoms with Crippen molar-refractivity contribution < 1.29 is 33.0 Å². The van der Waals surface area contributed by atoms with E-state index >= 15 is 0 Å². The van der Waals surface area contributed by atoms with Crippen molar-refractivity contribution in [2.24, 2.45) is 0 Å². The molecule has 1 unspecified atom stereocenters. The van der Waals surface area contributed by atoms with E-state index < -0.39 is 60.3 Å². The topological polar surface area (TPSA) is 193 Å². The molecule has 39 heavy (non-hydrogen) atoms. The third kappa shape index (κ3) is 4.71. The maximum Gasteiger partial charge on any atom is 0.459 e. The summed E-state index contributed by atoms with van der Waals surface area (Å²) >= 11 is 6.86. The highest BCUT2D eigenvalue weighted by Crippen LogP contribution is 2.67. The van der Waals surface area contributed by atoms with E-state index in [1.807, 2.05) is 0 Å². The number of alkyl halides is 1. The largest absolute Gasteiger partial charge is 0.462 e. The Morgan fingerprint density at radius 1 is 1.33 bits per heavy atom. The number of esters is 1. The van der Waals surface area contributed by atoms with E-state index in [0.717, 1.165) is 0 Å². The number of para-hydroxylation sites is 1. The van der Waals surface area contributed by atoms with Crippen LogP contribution >= 0.6 is 19.3 Å². The van der Waals surface area contributed by atoms with Gasteiger partial charge < -0.3 is 24.8 Å². The molecule has 2 aromatic heterocycles. The molecular formula is C23H28ClN6O8P. The summed E-state index contributed by atoms with van der Waals surface area (Å²) in [5.41, 5.74) is 3.40. The number of H-pyrrole nitrogens is 1. The zero-order valence-electron chi connectivity index (χ0n) is 21.4. The lowest BCUT2D eigenvalue weighted by Gasteiger charge is -2.33. The van der Waals surface area contributed by atoms with Gasteiger partial charge in [-0.05, 0) is 39.8 Å². The molecule has 1 saturated heterocycles. The second-order valence-electron chi connectivity index (χ2n) is 9.85. The molecule has 1 aromatic carbocycles. The number of anilines is 1. The van der Waals surface area contributed by atoms with E-state index in [2.05, 4.69) is 20.0 Å². The van der Waals surface area contributed by atoms with Crippen LogP contribution in [0.25, 0.3) is 11.2 Å². The lowest BCUT2D eigenvalue weighted by atomic mass is 10.0. The minimum atomic E-state index is -4.32. The fraction of sp³-hybridized carbons (Fsp3) is 0.478. The summed E-state index contributed by atoms with van der Waals surface area (Å²) in [4.78, 5) is 33.6. The summed E-state index contributed by atoms with van der Waals surface area (Å²) in [6.07, 6.45) is -2.40. The van der Waals surface area contributed by atoms with Gasteiger partial charge in [-0.15, -0.1) is 11.6 Å². The first-order chi connectivity index (χ1) is 18.3. The van der Waals surface area contributed by atoms with Gasteiger partial charge in [0.2, 0.25) is 5.95 Å². The van der Waals surface area contributed by atoms with Gasteiger partial charge in [0, 0.05) is 0 Å². The van der Waals surface area contributed by atoms with Crippen LogP contribution in [0.15, 0.2) is 41.5 Å². The molecule has 1 saturated carbocycles. The molecule has 0 bridgehead atoms. The normalized spacial score (nSPS) is 30.1. The Balaban J connectivity index is 1.40. The standard InChI is InChI=1S/C23H28ClN6O8P/c1-11(2)35-19(32)12(3)29-39(34,37-13-8-6-5-7-9-13)38-16-15-23(16,33)22(4,24)20(36-15)30-10-26-14-17(30)27-21(25)28-18(14)31/h5-12,15-16,20,33H,1-4H3,(H,29,34)(H3,25,27,28,31)/t12-,15-,16?,20-,22+,23+,39-/m1/s1. The monoisotopic (exact) mass is 582 g/mol. The van der Waals surface area contributed by atoms with Gasteiger partial charge in [0.1, 0.15) is 34.5 Å². The fourth-order valence-electron chi connectivity index (χ4n) is 4.56. The van der Waals surface area contributed by atoms with Crippen LogP contribution in [0.3, 0.4) is 0 Å². The van der Waals surface area contributed by atoms with E-state index in [-0.39, 0.29) is 22.9 Å². The summed E-state index contributed by atoms with van der Waals surface area (Å²) in [6, 6.07) is 7.10. The first kappa shape index (κ1) is 27.6. The maximum absolute atomic E-state index is 13.9. The number of halogens is 1. The quantitative estimate of drug-likeness (QED) is 0.163. The molecule has 16 heteroatoms. The number of nitrogens with zero attached hydrogens (tertiary/aromatic N) is 3. The molecule has 1 aliphatic heterocycles. The number of rotatable bonds is 9. The van der Waals surface area contributed by atoms with Gasteiger partial charge in [-0.2, -0.15) is 10.1 Å². The van der Waals surface area contributed by atoms with Crippen LogP contribution in [0.1, 0.15) is 33.9 Å². The Morgan fingerprint density at radius 2 is 2.03 bits per heavy atom. The highest BCUT2D eigenvalue weighted by Gasteiger charge is 2.84. The molecule has 14 nitrogen and oxygen atoms in total. The molecule has 2 fully saturated rings. The molecule has 2 aliphatic rings. The molecule has 0 spiro atoms.